The summed E-state index contributed by atoms with van der Waals surface area (Å²) in [4.78, 5) is 0. The van der Waals surface area contributed by atoms with Crippen LogP contribution in [0.3, 0.4) is 0 Å². The average Bonchev–Trinajstić information content (AvgIpc) is 2.33. The molecule has 0 saturated heterocycles. The predicted octanol–water partition coefficient (Wildman–Crippen LogP) is 4.12. The SMILES string of the molecule is [P]OC(c1ccccc1)c1ccccc1. The van der Waals surface area contributed by atoms with E-state index in [2.05, 4.69) is 9.47 Å². The van der Waals surface area contributed by atoms with E-state index in [1.54, 1.807) is 0 Å². The van der Waals surface area contributed by atoms with Gasteiger partial charge in [-0.3, -0.25) is 0 Å². The van der Waals surface area contributed by atoms with Crippen molar-refractivity contribution in [1.29, 1.82) is 0 Å². The fraction of sp³-hybridized carbons (Fsp3) is 0.0769. The van der Waals surface area contributed by atoms with Gasteiger partial charge in [-0.05, 0) is 11.1 Å². The second-order valence-corrected chi connectivity index (χ2v) is 3.52. The molecule has 1 nitrogen and oxygen atoms in total. The van der Waals surface area contributed by atoms with Crippen molar-refractivity contribution in [1.82, 2.24) is 0 Å². The van der Waals surface area contributed by atoms with E-state index < -0.39 is 0 Å². The standard InChI is InChI=1S/C13H11OP/c15-14-13(11-7-3-1-4-8-11)12-9-5-2-6-10-12/h1-10,13H. The van der Waals surface area contributed by atoms with Crippen LogP contribution < -0.4 is 0 Å². The number of hydrogen-bond donors (Lipinski definition) is 0. The Morgan fingerprint density at radius 1 is 0.733 bits per heavy atom. The lowest BCUT2D eigenvalue weighted by atomic mass is 10.0. The van der Waals surface area contributed by atoms with Gasteiger partial charge in [0.25, 0.3) is 0 Å². The summed E-state index contributed by atoms with van der Waals surface area (Å²) in [6, 6.07) is 20.1. The van der Waals surface area contributed by atoms with E-state index in [4.69, 9.17) is 4.52 Å². The Morgan fingerprint density at radius 3 is 1.47 bits per heavy atom. The lowest BCUT2D eigenvalue weighted by Crippen LogP contribution is -1.99. The molecule has 0 heterocycles. The number of rotatable bonds is 3. The number of hydrogen-bond acceptors (Lipinski definition) is 1. The zero-order valence-corrected chi connectivity index (χ0v) is 9.10. The van der Waals surface area contributed by atoms with Gasteiger partial charge in [-0.25, -0.2) is 0 Å². The van der Waals surface area contributed by atoms with Crippen molar-refractivity contribution in [2.45, 2.75) is 6.10 Å². The molecule has 0 fully saturated rings. The minimum Gasteiger partial charge on any atom is -0.332 e. The molecule has 0 aliphatic heterocycles. The molecule has 2 aromatic rings. The maximum atomic E-state index is 5.22. The van der Waals surface area contributed by atoms with Crippen molar-refractivity contribution >= 4 is 9.47 Å². The van der Waals surface area contributed by atoms with Gasteiger partial charge in [-0.15, -0.1) is 0 Å². The molecule has 2 radical (unpaired) electrons. The summed E-state index contributed by atoms with van der Waals surface area (Å²) in [6.45, 7) is 0. The summed E-state index contributed by atoms with van der Waals surface area (Å²) < 4.78 is 5.22. The van der Waals surface area contributed by atoms with Crippen LogP contribution in [0.5, 0.6) is 0 Å². The quantitative estimate of drug-likeness (QED) is 0.698. The molecule has 74 valence electrons. The van der Waals surface area contributed by atoms with Crippen LogP contribution >= 0.6 is 9.47 Å². The summed E-state index contributed by atoms with van der Waals surface area (Å²) in [5, 5.41) is 0. The van der Waals surface area contributed by atoms with Crippen molar-refractivity contribution in [2.75, 3.05) is 0 Å². The Bertz CT molecular complexity index is 360. The van der Waals surface area contributed by atoms with Crippen LogP contribution in [0.2, 0.25) is 0 Å². The lowest BCUT2D eigenvalue weighted by molar-refractivity contribution is 0.293. The second-order valence-electron chi connectivity index (χ2n) is 3.31. The van der Waals surface area contributed by atoms with Crippen molar-refractivity contribution in [2.24, 2.45) is 0 Å². The Labute approximate surface area is 92.4 Å². The normalized spacial score (nSPS) is 10.5. The molecule has 0 saturated carbocycles. The Balaban J connectivity index is 2.34. The molecule has 2 rings (SSSR count). The van der Waals surface area contributed by atoms with Gasteiger partial charge in [0.2, 0.25) is 0 Å². The summed E-state index contributed by atoms with van der Waals surface area (Å²) in [5.41, 5.74) is 2.22. The third-order valence-electron chi connectivity index (χ3n) is 2.31. The number of benzene rings is 2. The highest BCUT2D eigenvalue weighted by molar-refractivity contribution is 7.09. The first kappa shape index (κ1) is 10.4. The minimum absolute atomic E-state index is 0.101. The maximum absolute atomic E-state index is 5.22. The molecule has 2 aromatic carbocycles. The first-order valence-electron chi connectivity index (χ1n) is 4.82. The van der Waals surface area contributed by atoms with Crippen LogP contribution in [0.4, 0.5) is 0 Å². The van der Waals surface area contributed by atoms with Gasteiger partial charge in [0.15, 0.2) is 0 Å². The Morgan fingerprint density at radius 2 is 1.13 bits per heavy atom. The van der Waals surface area contributed by atoms with E-state index in [1.807, 2.05) is 60.7 Å². The molecule has 0 aliphatic rings. The van der Waals surface area contributed by atoms with Crippen LogP contribution in [-0.4, -0.2) is 0 Å². The highest BCUT2D eigenvalue weighted by atomic mass is 31.0. The second kappa shape index (κ2) is 5.06. The van der Waals surface area contributed by atoms with Crippen LogP contribution in [0.15, 0.2) is 60.7 Å². The molecule has 2 heteroatoms. The molecule has 0 spiro atoms. The molecule has 0 aromatic heterocycles. The van der Waals surface area contributed by atoms with Crippen molar-refractivity contribution in [3.05, 3.63) is 71.8 Å². The van der Waals surface area contributed by atoms with Crippen molar-refractivity contribution in [3.63, 3.8) is 0 Å². The van der Waals surface area contributed by atoms with Gasteiger partial charge in [0, 0.05) is 0 Å². The van der Waals surface area contributed by atoms with Crippen LogP contribution in [0, 0.1) is 0 Å². The van der Waals surface area contributed by atoms with Gasteiger partial charge in [0.1, 0.15) is 15.6 Å². The molecule has 0 atom stereocenters. The summed E-state index contributed by atoms with van der Waals surface area (Å²) >= 11 is 0. The van der Waals surface area contributed by atoms with Gasteiger partial charge in [-0.1, -0.05) is 60.7 Å². The monoisotopic (exact) mass is 214 g/mol. The van der Waals surface area contributed by atoms with Crippen LogP contribution in [0.1, 0.15) is 17.2 Å². The zero-order valence-electron chi connectivity index (χ0n) is 8.21. The molecule has 0 N–H and O–H groups in total. The van der Waals surface area contributed by atoms with E-state index in [-0.39, 0.29) is 6.10 Å². The molecular weight excluding hydrogens is 203 g/mol. The fourth-order valence-electron chi connectivity index (χ4n) is 1.57. The third kappa shape index (κ3) is 2.44. The molecule has 0 amide bonds. The molecule has 0 unspecified atom stereocenters. The van der Waals surface area contributed by atoms with E-state index >= 15 is 0 Å². The minimum atomic E-state index is -0.101. The van der Waals surface area contributed by atoms with E-state index in [9.17, 15) is 0 Å². The molecular formula is C13H11OP. The Hall–Kier alpha value is -1.17. The maximum Gasteiger partial charge on any atom is 0.149 e. The Kier molecular flexibility index (Phi) is 3.49. The van der Waals surface area contributed by atoms with Gasteiger partial charge >= 0.3 is 0 Å². The van der Waals surface area contributed by atoms with Gasteiger partial charge in [-0.2, -0.15) is 0 Å². The third-order valence-corrected chi connectivity index (χ3v) is 2.52. The first-order chi connectivity index (χ1) is 7.42. The van der Waals surface area contributed by atoms with Gasteiger partial charge in [0.05, 0.1) is 0 Å². The molecule has 0 bridgehead atoms. The van der Waals surface area contributed by atoms with Crippen molar-refractivity contribution < 1.29 is 4.52 Å². The molecule has 0 aliphatic carbocycles. The largest absolute Gasteiger partial charge is 0.332 e. The summed E-state index contributed by atoms with van der Waals surface area (Å²) in [7, 11) is 3.94. The highest BCUT2D eigenvalue weighted by Crippen LogP contribution is 2.27. The van der Waals surface area contributed by atoms with Crippen molar-refractivity contribution in [3.8, 4) is 0 Å². The lowest BCUT2D eigenvalue weighted by Gasteiger charge is -2.14. The summed E-state index contributed by atoms with van der Waals surface area (Å²) in [6.07, 6.45) is -0.101. The van der Waals surface area contributed by atoms with Crippen LogP contribution in [-0.2, 0) is 4.52 Å². The summed E-state index contributed by atoms with van der Waals surface area (Å²) in [5.74, 6) is 0. The van der Waals surface area contributed by atoms with Gasteiger partial charge < -0.3 is 4.52 Å². The predicted molar refractivity (Wildman–Crippen MR) is 62.7 cm³/mol. The first-order valence-corrected chi connectivity index (χ1v) is 5.18. The van der Waals surface area contributed by atoms with E-state index in [0.29, 0.717) is 0 Å². The highest BCUT2D eigenvalue weighted by Gasteiger charge is 2.12. The van der Waals surface area contributed by atoms with E-state index in [1.165, 1.54) is 0 Å². The molecule has 15 heavy (non-hydrogen) atoms. The van der Waals surface area contributed by atoms with E-state index in [0.717, 1.165) is 11.1 Å². The average molecular weight is 214 g/mol. The zero-order chi connectivity index (χ0) is 10.5. The van der Waals surface area contributed by atoms with Crippen LogP contribution in [0.25, 0.3) is 0 Å². The fourth-order valence-corrected chi connectivity index (χ4v) is 1.81. The smallest absolute Gasteiger partial charge is 0.149 e. The topological polar surface area (TPSA) is 9.23 Å².